The fraction of sp³-hybridized carbons (Fsp3) is 0.0667. The van der Waals surface area contributed by atoms with Crippen molar-refractivity contribution in [3.05, 3.63) is 58.6 Å². The molecule has 0 heterocycles. The number of hydrogen-bond acceptors (Lipinski definition) is 3. The Morgan fingerprint density at radius 2 is 2.05 bits per heavy atom. The summed E-state index contributed by atoms with van der Waals surface area (Å²) in [5, 5.41) is 9.37. The molecule has 0 fully saturated rings. The Morgan fingerprint density at radius 3 is 2.75 bits per heavy atom. The third kappa shape index (κ3) is 2.73. The van der Waals surface area contributed by atoms with Crippen LogP contribution in [0.15, 0.2) is 42.5 Å². The molecule has 0 unspecified atom stereocenters. The summed E-state index contributed by atoms with van der Waals surface area (Å²) in [6.45, 7) is 0. The summed E-state index contributed by atoms with van der Waals surface area (Å²) in [5.74, 6) is -0.254. The van der Waals surface area contributed by atoms with Crippen molar-refractivity contribution in [1.29, 1.82) is 5.26 Å². The summed E-state index contributed by atoms with van der Waals surface area (Å²) in [5.41, 5.74) is 7.71. The van der Waals surface area contributed by atoms with E-state index in [1.807, 2.05) is 6.07 Å². The maximum atomic E-state index is 12.4. The van der Waals surface area contributed by atoms with Gasteiger partial charge in [-0.1, -0.05) is 17.7 Å². The second kappa shape index (κ2) is 5.64. The number of nitrogen functional groups attached to an aromatic ring is 1. The van der Waals surface area contributed by atoms with Gasteiger partial charge < -0.3 is 10.6 Å². The van der Waals surface area contributed by atoms with Crippen LogP contribution in [0.25, 0.3) is 0 Å². The van der Waals surface area contributed by atoms with E-state index in [0.717, 1.165) is 0 Å². The van der Waals surface area contributed by atoms with Gasteiger partial charge in [-0.15, -0.1) is 0 Å². The predicted octanol–water partition coefficient (Wildman–Crippen LogP) is 3.07. The number of hydrogen-bond donors (Lipinski definition) is 1. The maximum Gasteiger partial charge on any atom is 0.258 e. The van der Waals surface area contributed by atoms with Crippen molar-refractivity contribution >= 4 is 28.9 Å². The van der Waals surface area contributed by atoms with Gasteiger partial charge in [-0.2, -0.15) is 5.26 Å². The van der Waals surface area contributed by atoms with E-state index in [1.54, 1.807) is 49.5 Å². The number of rotatable bonds is 2. The van der Waals surface area contributed by atoms with E-state index in [-0.39, 0.29) is 5.91 Å². The van der Waals surface area contributed by atoms with Gasteiger partial charge >= 0.3 is 0 Å². The Balaban J connectivity index is 2.37. The standard InChI is InChI=1S/C15H12ClN3O/c1-19(14-8-12(16)5-6-13(14)18)15(20)11-4-2-3-10(7-11)9-17/h2-8H,18H2,1H3. The zero-order chi connectivity index (χ0) is 14.7. The monoisotopic (exact) mass is 285 g/mol. The average Bonchev–Trinajstić information content (AvgIpc) is 2.48. The van der Waals surface area contributed by atoms with Crippen LogP contribution in [-0.4, -0.2) is 13.0 Å². The first-order chi connectivity index (χ1) is 9.52. The molecular formula is C15H12ClN3O. The van der Waals surface area contributed by atoms with Gasteiger partial charge in [0.05, 0.1) is 23.0 Å². The number of anilines is 2. The van der Waals surface area contributed by atoms with E-state index in [0.29, 0.717) is 27.5 Å². The first-order valence-electron chi connectivity index (χ1n) is 5.86. The van der Waals surface area contributed by atoms with Crippen LogP contribution in [0.5, 0.6) is 0 Å². The number of carbonyl (C=O) groups is 1. The van der Waals surface area contributed by atoms with E-state index in [9.17, 15) is 4.79 Å². The van der Waals surface area contributed by atoms with E-state index in [1.165, 1.54) is 4.90 Å². The number of halogens is 1. The van der Waals surface area contributed by atoms with Crippen molar-refractivity contribution in [2.45, 2.75) is 0 Å². The molecule has 2 aromatic rings. The fourth-order valence-corrected chi connectivity index (χ4v) is 2.00. The zero-order valence-corrected chi connectivity index (χ0v) is 11.6. The molecule has 2 rings (SSSR count). The SMILES string of the molecule is CN(C(=O)c1cccc(C#N)c1)c1cc(Cl)ccc1N. The van der Waals surface area contributed by atoms with E-state index in [2.05, 4.69) is 0 Å². The summed E-state index contributed by atoms with van der Waals surface area (Å²) in [4.78, 5) is 13.8. The van der Waals surface area contributed by atoms with Gasteiger partial charge in [0.25, 0.3) is 5.91 Å². The van der Waals surface area contributed by atoms with Crippen molar-refractivity contribution in [2.24, 2.45) is 0 Å². The fourth-order valence-electron chi connectivity index (χ4n) is 1.83. The molecule has 0 saturated carbocycles. The van der Waals surface area contributed by atoms with Gasteiger partial charge in [-0.3, -0.25) is 4.79 Å². The Bertz CT molecular complexity index is 707. The highest BCUT2D eigenvalue weighted by molar-refractivity contribution is 6.31. The van der Waals surface area contributed by atoms with Gasteiger partial charge in [0.2, 0.25) is 0 Å². The lowest BCUT2D eigenvalue weighted by Gasteiger charge is -2.19. The van der Waals surface area contributed by atoms with Gasteiger partial charge in [0, 0.05) is 17.6 Å². The molecule has 0 atom stereocenters. The van der Waals surface area contributed by atoms with Crippen molar-refractivity contribution in [2.75, 3.05) is 17.7 Å². The Kier molecular flexibility index (Phi) is 3.92. The molecule has 0 aliphatic heterocycles. The van der Waals surface area contributed by atoms with Crippen molar-refractivity contribution in [3.8, 4) is 6.07 Å². The molecule has 0 aromatic heterocycles. The highest BCUT2D eigenvalue weighted by Crippen LogP contribution is 2.27. The minimum absolute atomic E-state index is 0.254. The number of nitrogens with two attached hydrogens (primary N) is 1. The van der Waals surface area contributed by atoms with E-state index >= 15 is 0 Å². The topological polar surface area (TPSA) is 70.1 Å². The van der Waals surface area contributed by atoms with Crippen LogP contribution in [0.1, 0.15) is 15.9 Å². The first-order valence-corrected chi connectivity index (χ1v) is 6.24. The minimum atomic E-state index is -0.254. The molecule has 2 N–H and O–H groups in total. The first kappa shape index (κ1) is 13.9. The minimum Gasteiger partial charge on any atom is -0.397 e. The van der Waals surface area contributed by atoms with Crippen LogP contribution in [0, 0.1) is 11.3 Å². The summed E-state index contributed by atoms with van der Waals surface area (Å²) in [6.07, 6.45) is 0. The van der Waals surface area contributed by atoms with Crippen LogP contribution in [-0.2, 0) is 0 Å². The highest BCUT2D eigenvalue weighted by Gasteiger charge is 2.16. The summed E-state index contributed by atoms with van der Waals surface area (Å²) < 4.78 is 0. The molecule has 0 aliphatic rings. The zero-order valence-electron chi connectivity index (χ0n) is 10.8. The molecule has 2 aromatic carbocycles. The van der Waals surface area contributed by atoms with Crippen molar-refractivity contribution < 1.29 is 4.79 Å². The lowest BCUT2D eigenvalue weighted by molar-refractivity contribution is 0.0993. The molecule has 0 bridgehead atoms. The number of benzene rings is 2. The predicted molar refractivity (Wildman–Crippen MR) is 79.8 cm³/mol. The second-order valence-electron chi connectivity index (χ2n) is 4.26. The summed E-state index contributed by atoms with van der Waals surface area (Å²) in [7, 11) is 1.61. The van der Waals surface area contributed by atoms with Crippen LogP contribution in [0.3, 0.4) is 0 Å². The van der Waals surface area contributed by atoms with Crippen LogP contribution < -0.4 is 10.6 Å². The van der Waals surface area contributed by atoms with Crippen LogP contribution in [0.2, 0.25) is 5.02 Å². The van der Waals surface area contributed by atoms with Gasteiger partial charge in [0.15, 0.2) is 0 Å². The Hall–Kier alpha value is -2.51. The molecule has 4 nitrogen and oxygen atoms in total. The van der Waals surface area contributed by atoms with Crippen molar-refractivity contribution in [3.63, 3.8) is 0 Å². The van der Waals surface area contributed by atoms with Gasteiger partial charge in [-0.25, -0.2) is 0 Å². The third-order valence-corrected chi connectivity index (χ3v) is 3.13. The smallest absolute Gasteiger partial charge is 0.258 e. The third-order valence-electron chi connectivity index (χ3n) is 2.90. The molecular weight excluding hydrogens is 274 g/mol. The van der Waals surface area contributed by atoms with Crippen LogP contribution >= 0.6 is 11.6 Å². The Labute approximate surface area is 122 Å². The number of amides is 1. The quantitative estimate of drug-likeness (QED) is 0.862. The maximum absolute atomic E-state index is 12.4. The molecule has 0 radical (unpaired) electrons. The normalized spacial score (nSPS) is 9.85. The highest BCUT2D eigenvalue weighted by atomic mass is 35.5. The van der Waals surface area contributed by atoms with E-state index < -0.39 is 0 Å². The average molecular weight is 286 g/mol. The molecule has 1 amide bonds. The molecule has 0 spiro atoms. The number of nitrogens with zero attached hydrogens (tertiary/aromatic N) is 2. The Morgan fingerprint density at radius 1 is 1.30 bits per heavy atom. The van der Waals surface area contributed by atoms with Crippen LogP contribution in [0.4, 0.5) is 11.4 Å². The molecule has 0 saturated heterocycles. The number of carbonyl (C=O) groups excluding carboxylic acids is 1. The molecule has 100 valence electrons. The second-order valence-corrected chi connectivity index (χ2v) is 4.70. The lowest BCUT2D eigenvalue weighted by Crippen LogP contribution is -2.27. The van der Waals surface area contributed by atoms with E-state index in [4.69, 9.17) is 22.6 Å². The summed E-state index contributed by atoms with van der Waals surface area (Å²) >= 11 is 5.92. The summed E-state index contributed by atoms with van der Waals surface area (Å²) in [6, 6.07) is 13.4. The lowest BCUT2D eigenvalue weighted by atomic mass is 10.1. The molecule has 0 aliphatic carbocycles. The largest absolute Gasteiger partial charge is 0.397 e. The van der Waals surface area contributed by atoms with Crippen molar-refractivity contribution in [1.82, 2.24) is 0 Å². The number of nitriles is 1. The van der Waals surface area contributed by atoms with Gasteiger partial charge in [0.1, 0.15) is 0 Å². The molecule has 5 heteroatoms. The van der Waals surface area contributed by atoms with Gasteiger partial charge in [-0.05, 0) is 36.4 Å². The molecule has 20 heavy (non-hydrogen) atoms.